The first kappa shape index (κ1) is 13.7. The van der Waals surface area contributed by atoms with E-state index in [1.54, 1.807) is 17.5 Å². The van der Waals surface area contributed by atoms with Crippen LogP contribution in [0.15, 0.2) is 24.5 Å². The summed E-state index contributed by atoms with van der Waals surface area (Å²) >= 11 is 1.76. The molecule has 0 saturated carbocycles. The number of nitrogens with one attached hydrogen (secondary N) is 1. The van der Waals surface area contributed by atoms with E-state index < -0.39 is 0 Å². The van der Waals surface area contributed by atoms with Crippen LogP contribution < -0.4 is 5.32 Å². The maximum atomic E-state index is 12.0. The van der Waals surface area contributed by atoms with Gasteiger partial charge >= 0.3 is 0 Å². The summed E-state index contributed by atoms with van der Waals surface area (Å²) in [6.45, 7) is 5.92. The highest BCUT2D eigenvalue weighted by Crippen LogP contribution is 2.16. The molecule has 0 unspecified atom stereocenters. The minimum atomic E-state index is -0.173. The number of nitrogens with zero attached hydrogens (tertiary/aromatic N) is 2. The Morgan fingerprint density at radius 1 is 1.32 bits per heavy atom. The number of aryl methyl sites for hydroxylation is 2. The molecule has 2 aromatic heterocycles. The third-order valence-corrected chi connectivity index (χ3v) is 3.72. The Labute approximate surface area is 116 Å². The molecule has 0 aromatic carbocycles. The minimum absolute atomic E-state index is 0.0775. The van der Waals surface area contributed by atoms with Crippen molar-refractivity contribution in [2.75, 3.05) is 0 Å². The normalized spacial score (nSPS) is 12.2. The summed E-state index contributed by atoms with van der Waals surface area (Å²) < 4.78 is 0. The summed E-state index contributed by atoms with van der Waals surface area (Å²) in [5.41, 5.74) is 1.17. The Morgan fingerprint density at radius 2 is 2.11 bits per heavy atom. The molecule has 5 heteroatoms. The second kappa shape index (κ2) is 5.93. The van der Waals surface area contributed by atoms with E-state index in [1.807, 2.05) is 13.8 Å². The predicted molar refractivity (Wildman–Crippen MR) is 76.5 cm³/mol. The molecule has 1 atom stereocenters. The molecule has 0 fully saturated rings. The molecule has 2 aromatic rings. The van der Waals surface area contributed by atoms with Gasteiger partial charge in [-0.2, -0.15) is 0 Å². The van der Waals surface area contributed by atoms with Crippen molar-refractivity contribution in [3.63, 3.8) is 0 Å². The topological polar surface area (TPSA) is 54.9 Å². The Kier molecular flexibility index (Phi) is 4.27. The second-order valence-corrected chi connectivity index (χ2v) is 6.01. The average molecular weight is 275 g/mol. The van der Waals surface area contributed by atoms with Crippen LogP contribution in [0.4, 0.5) is 0 Å². The van der Waals surface area contributed by atoms with Gasteiger partial charge in [-0.25, -0.2) is 4.98 Å². The van der Waals surface area contributed by atoms with Crippen LogP contribution in [-0.4, -0.2) is 21.9 Å². The molecule has 0 radical (unpaired) electrons. The van der Waals surface area contributed by atoms with Crippen molar-refractivity contribution in [2.45, 2.75) is 33.2 Å². The minimum Gasteiger partial charge on any atom is -0.348 e. The molecule has 0 aliphatic carbocycles. The molecule has 0 bridgehead atoms. The van der Waals surface area contributed by atoms with Gasteiger partial charge in [0.2, 0.25) is 0 Å². The number of amides is 1. The summed E-state index contributed by atoms with van der Waals surface area (Å²) in [4.78, 5) is 22.7. The quantitative estimate of drug-likeness (QED) is 0.932. The lowest BCUT2D eigenvalue weighted by atomic mass is 10.2. The molecule has 100 valence electrons. The lowest BCUT2D eigenvalue weighted by Crippen LogP contribution is -2.34. The third kappa shape index (κ3) is 3.86. The number of carbonyl (C=O) groups excluding carboxylic acids is 1. The van der Waals surface area contributed by atoms with E-state index in [0.29, 0.717) is 5.69 Å². The van der Waals surface area contributed by atoms with Crippen molar-refractivity contribution in [2.24, 2.45) is 0 Å². The largest absolute Gasteiger partial charge is 0.348 e. The molecule has 2 heterocycles. The highest BCUT2D eigenvalue weighted by Gasteiger charge is 2.12. The van der Waals surface area contributed by atoms with Gasteiger partial charge < -0.3 is 5.32 Å². The molecule has 2 rings (SSSR count). The van der Waals surface area contributed by atoms with Gasteiger partial charge in [0.25, 0.3) is 5.91 Å². The van der Waals surface area contributed by atoms with Crippen LogP contribution >= 0.6 is 11.3 Å². The van der Waals surface area contributed by atoms with E-state index in [2.05, 4.69) is 34.3 Å². The fourth-order valence-electron chi connectivity index (χ4n) is 1.76. The zero-order chi connectivity index (χ0) is 13.8. The molecule has 1 N–H and O–H groups in total. The molecule has 0 aliphatic heterocycles. The van der Waals surface area contributed by atoms with Crippen molar-refractivity contribution in [1.29, 1.82) is 0 Å². The fourth-order valence-corrected chi connectivity index (χ4v) is 2.77. The van der Waals surface area contributed by atoms with Gasteiger partial charge in [-0.3, -0.25) is 9.78 Å². The summed E-state index contributed by atoms with van der Waals surface area (Å²) in [6, 6.07) is 4.28. The SMILES string of the molecule is Cc1cnc(C(=O)N[C@H](C)Cc2ccc(C)s2)cn1. The maximum absolute atomic E-state index is 12.0. The van der Waals surface area contributed by atoms with Crippen LogP contribution in [0.3, 0.4) is 0 Å². The van der Waals surface area contributed by atoms with Crippen LogP contribution in [0.2, 0.25) is 0 Å². The summed E-state index contributed by atoms with van der Waals surface area (Å²) in [5.74, 6) is -0.173. The van der Waals surface area contributed by atoms with Crippen LogP contribution in [0, 0.1) is 13.8 Å². The van der Waals surface area contributed by atoms with Crippen LogP contribution in [0.1, 0.15) is 32.9 Å². The van der Waals surface area contributed by atoms with Crippen molar-refractivity contribution < 1.29 is 4.79 Å². The van der Waals surface area contributed by atoms with Crippen molar-refractivity contribution >= 4 is 17.2 Å². The van der Waals surface area contributed by atoms with E-state index in [1.165, 1.54) is 16.0 Å². The summed E-state index contributed by atoms with van der Waals surface area (Å²) in [5, 5.41) is 2.94. The van der Waals surface area contributed by atoms with E-state index in [9.17, 15) is 4.79 Å². The van der Waals surface area contributed by atoms with Gasteiger partial charge in [-0.15, -0.1) is 11.3 Å². The van der Waals surface area contributed by atoms with Crippen LogP contribution in [0.5, 0.6) is 0 Å². The number of hydrogen-bond donors (Lipinski definition) is 1. The predicted octanol–water partition coefficient (Wildman–Crippen LogP) is 2.52. The Balaban J connectivity index is 1.93. The van der Waals surface area contributed by atoms with Gasteiger partial charge in [0.15, 0.2) is 0 Å². The van der Waals surface area contributed by atoms with Crippen molar-refractivity contribution in [3.05, 3.63) is 45.7 Å². The molecule has 4 nitrogen and oxygen atoms in total. The van der Waals surface area contributed by atoms with Crippen molar-refractivity contribution in [3.8, 4) is 0 Å². The smallest absolute Gasteiger partial charge is 0.271 e. The second-order valence-electron chi connectivity index (χ2n) is 4.63. The van der Waals surface area contributed by atoms with E-state index in [0.717, 1.165) is 12.1 Å². The number of carbonyl (C=O) groups is 1. The molecule has 0 saturated heterocycles. The maximum Gasteiger partial charge on any atom is 0.271 e. The zero-order valence-corrected chi connectivity index (χ0v) is 12.1. The number of hydrogen-bond acceptors (Lipinski definition) is 4. The number of aromatic nitrogens is 2. The first-order chi connectivity index (χ1) is 9.04. The average Bonchev–Trinajstić information content (AvgIpc) is 2.75. The van der Waals surface area contributed by atoms with E-state index in [4.69, 9.17) is 0 Å². The summed E-state index contributed by atoms with van der Waals surface area (Å²) in [7, 11) is 0. The standard InChI is InChI=1S/C14H17N3OS/c1-9(6-12-5-4-11(3)19-12)17-14(18)13-8-15-10(2)7-16-13/h4-5,7-9H,6H2,1-3H3,(H,17,18)/t9-/m1/s1. The zero-order valence-electron chi connectivity index (χ0n) is 11.3. The lowest BCUT2D eigenvalue weighted by Gasteiger charge is -2.12. The molecule has 0 spiro atoms. The molecular formula is C14H17N3OS. The first-order valence-electron chi connectivity index (χ1n) is 6.19. The Morgan fingerprint density at radius 3 is 2.68 bits per heavy atom. The monoisotopic (exact) mass is 275 g/mol. The Hall–Kier alpha value is -1.75. The highest BCUT2D eigenvalue weighted by molar-refractivity contribution is 7.11. The first-order valence-corrected chi connectivity index (χ1v) is 7.01. The number of rotatable bonds is 4. The number of thiophene rings is 1. The fraction of sp³-hybridized carbons (Fsp3) is 0.357. The van der Waals surface area contributed by atoms with Gasteiger partial charge in [-0.05, 0) is 32.9 Å². The van der Waals surface area contributed by atoms with E-state index in [-0.39, 0.29) is 11.9 Å². The van der Waals surface area contributed by atoms with Gasteiger partial charge in [0.05, 0.1) is 11.9 Å². The summed E-state index contributed by atoms with van der Waals surface area (Å²) in [6.07, 6.45) is 3.94. The Bertz CT molecular complexity index is 562. The highest BCUT2D eigenvalue weighted by atomic mass is 32.1. The van der Waals surface area contributed by atoms with Gasteiger partial charge in [-0.1, -0.05) is 0 Å². The van der Waals surface area contributed by atoms with Crippen LogP contribution in [0.25, 0.3) is 0 Å². The van der Waals surface area contributed by atoms with Crippen LogP contribution in [-0.2, 0) is 6.42 Å². The van der Waals surface area contributed by atoms with Crippen molar-refractivity contribution in [1.82, 2.24) is 15.3 Å². The third-order valence-electron chi connectivity index (χ3n) is 2.69. The lowest BCUT2D eigenvalue weighted by molar-refractivity contribution is 0.0934. The van der Waals surface area contributed by atoms with Gasteiger partial charge in [0, 0.05) is 28.4 Å². The van der Waals surface area contributed by atoms with E-state index >= 15 is 0 Å². The van der Waals surface area contributed by atoms with Gasteiger partial charge in [0.1, 0.15) is 5.69 Å². The molecule has 19 heavy (non-hydrogen) atoms. The molecule has 0 aliphatic rings. The molecular weight excluding hydrogens is 258 g/mol. The molecule has 1 amide bonds.